The minimum absolute atomic E-state index is 0.0634. The van der Waals surface area contributed by atoms with Gasteiger partial charge in [0.15, 0.2) is 0 Å². The molecule has 0 radical (unpaired) electrons. The van der Waals surface area contributed by atoms with Gasteiger partial charge in [-0.25, -0.2) is 0 Å². The van der Waals surface area contributed by atoms with E-state index in [-0.39, 0.29) is 5.41 Å². The summed E-state index contributed by atoms with van der Waals surface area (Å²) in [6, 6.07) is 12.7. The van der Waals surface area contributed by atoms with Crippen molar-refractivity contribution in [3.05, 3.63) is 66.3 Å². The average Bonchev–Trinajstić information content (AvgIpc) is 2.38. The van der Waals surface area contributed by atoms with Gasteiger partial charge in [-0.3, -0.25) is 0 Å². The number of benzene rings is 2. The molecule has 0 fully saturated rings. The molecule has 1 heteroatoms. The van der Waals surface area contributed by atoms with Crippen molar-refractivity contribution in [1.82, 2.24) is 0 Å². The number of hydrogen-bond donors (Lipinski definition) is 1. The van der Waals surface area contributed by atoms with E-state index in [9.17, 15) is 0 Å². The Hall–Kier alpha value is -1.47. The lowest BCUT2D eigenvalue weighted by molar-refractivity contribution is 0.617. The van der Waals surface area contributed by atoms with Crippen LogP contribution in [0.25, 0.3) is 10.8 Å². The number of allylic oxidation sites excluding steroid dienone is 3. The lowest BCUT2D eigenvalue weighted by Crippen LogP contribution is -2.20. The molecule has 0 aliphatic heterocycles. The zero-order chi connectivity index (χ0) is 14.0. The molecule has 0 aliphatic rings. The molecule has 2 aromatic rings. The predicted molar refractivity (Wildman–Crippen MR) is 88.2 cm³/mol. The SMILES string of the molecule is C=C/C=C(\C)C(C)(C)c1c(S)ccc2ccccc12. The van der Waals surface area contributed by atoms with E-state index in [1.165, 1.54) is 21.9 Å². The van der Waals surface area contributed by atoms with Gasteiger partial charge in [-0.15, -0.1) is 12.6 Å². The Morgan fingerprint density at radius 3 is 2.53 bits per heavy atom. The highest BCUT2D eigenvalue weighted by Gasteiger charge is 2.26. The van der Waals surface area contributed by atoms with Crippen molar-refractivity contribution in [1.29, 1.82) is 0 Å². The molecule has 0 unspecified atom stereocenters. The van der Waals surface area contributed by atoms with Gasteiger partial charge in [0.1, 0.15) is 0 Å². The van der Waals surface area contributed by atoms with Crippen LogP contribution in [0.15, 0.2) is 65.6 Å². The minimum Gasteiger partial charge on any atom is -0.143 e. The molecule has 0 nitrogen and oxygen atoms in total. The van der Waals surface area contributed by atoms with Gasteiger partial charge in [-0.05, 0) is 29.3 Å². The summed E-state index contributed by atoms with van der Waals surface area (Å²) < 4.78 is 0. The quantitative estimate of drug-likeness (QED) is 0.548. The lowest BCUT2D eigenvalue weighted by Gasteiger charge is -2.29. The van der Waals surface area contributed by atoms with Gasteiger partial charge < -0.3 is 0 Å². The maximum absolute atomic E-state index is 4.68. The smallest absolute Gasteiger partial charge is 0.0123 e. The van der Waals surface area contributed by atoms with Crippen molar-refractivity contribution in [2.24, 2.45) is 0 Å². The maximum atomic E-state index is 4.68. The third-order valence-electron chi connectivity index (χ3n) is 3.89. The van der Waals surface area contributed by atoms with Crippen LogP contribution in [0.3, 0.4) is 0 Å². The Morgan fingerprint density at radius 1 is 1.16 bits per heavy atom. The topological polar surface area (TPSA) is 0 Å². The molecule has 0 aliphatic carbocycles. The molecule has 19 heavy (non-hydrogen) atoms. The number of fused-ring (bicyclic) bond motifs is 1. The van der Waals surface area contributed by atoms with Crippen LogP contribution in [0.5, 0.6) is 0 Å². The monoisotopic (exact) mass is 268 g/mol. The second-order valence-electron chi connectivity index (χ2n) is 5.39. The molecule has 0 heterocycles. The van der Waals surface area contributed by atoms with Crippen molar-refractivity contribution < 1.29 is 0 Å². The second-order valence-corrected chi connectivity index (χ2v) is 5.87. The predicted octanol–water partition coefficient (Wildman–Crippen LogP) is 5.54. The molecule has 0 atom stereocenters. The third kappa shape index (κ3) is 2.48. The third-order valence-corrected chi connectivity index (χ3v) is 4.26. The molecule has 2 rings (SSSR count). The molecule has 98 valence electrons. The van der Waals surface area contributed by atoms with Gasteiger partial charge in [0, 0.05) is 10.3 Å². The van der Waals surface area contributed by atoms with Gasteiger partial charge in [0.25, 0.3) is 0 Å². The van der Waals surface area contributed by atoms with Crippen LogP contribution in [0.2, 0.25) is 0 Å². The highest BCUT2D eigenvalue weighted by molar-refractivity contribution is 7.80. The first kappa shape index (κ1) is 14.0. The van der Waals surface area contributed by atoms with Crippen molar-refractivity contribution in [3.8, 4) is 0 Å². The molecule has 0 N–H and O–H groups in total. The Kier molecular flexibility index (Phi) is 3.86. The Bertz CT molecular complexity index is 648. The summed E-state index contributed by atoms with van der Waals surface area (Å²) in [6.45, 7) is 10.4. The fourth-order valence-corrected chi connectivity index (χ4v) is 2.97. The largest absolute Gasteiger partial charge is 0.143 e. The van der Waals surface area contributed by atoms with Crippen LogP contribution in [0, 0.1) is 0 Å². The Balaban J connectivity index is 2.77. The molecule has 0 bridgehead atoms. The van der Waals surface area contributed by atoms with E-state index in [1.54, 1.807) is 0 Å². The molecule has 0 amide bonds. The number of hydrogen-bond acceptors (Lipinski definition) is 1. The van der Waals surface area contributed by atoms with E-state index in [4.69, 9.17) is 0 Å². The van der Waals surface area contributed by atoms with E-state index in [0.29, 0.717) is 0 Å². The first-order chi connectivity index (χ1) is 8.98. The van der Waals surface area contributed by atoms with Gasteiger partial charge in [0.2, 0.25) is 0 Å². The van der Waals surface area contributed by atoms with Crippen LogP contribution in [-0.2, 0) is 5.41 Å². The summed E-state index contributed by atoms with van der Waals surface area (Å²) in [5.41, 5.74) is 2.50. The van der Waals surface area contributed by atoms with Crippen LogP contribution in [-0.4, -0.2) is 0 Å². The number of thiol groups is 1. The highest BCUT2D eigenvalue weighted by Crippen LogP contribution is 2.39. The lowest BCUT2D eigenvalue weighted by atomic mass is 9.76. The standard InChI is InChI=1S/C18H20S/c1-5-8-13(2)18(3,4)17-15-10-7-6-9-14(15)11-12-16(17)19/h5-12,19H,1H2,2-4H3/b13-8+. The van der Waals surface area contributed by atoms with Gasteiger partial charge >= 0.3 is 0 Å². The van der Waals surface area contributed by atoms with Crippen molar-refractivity contribution in [2.75, 3.05) is 0 Å². The molecule has 0 aromatic heterocycles. The van der Waals surface area contributed by atoms with Crippen LogP contribution >= 0.6 is 12.6 Å². The first-order valence-corrected chi connectivity index (χ1v) is 6.94. The van der Waals surface area contributed by atoms with Crippen LogP contribution < -0.4 is 0 Å². The maximum Gasteiger partial charge on any atom is 0.0123 e. The van der Waals surface area contributed by atoms with Gasteiger partial charge in [-0.2, -0.15) is 0 Å². The fourth-order valence-electron chi connectivity index (χ4n) is 2.50. The van der Waals surface area contributed by atoms with Crippen molar-refractivity contribution in [2.45, 2.75) is 31.1 Å². The summed E-state index contributed by atoms with van der Waals surface area (Å²) >= 11 is 4.68. The summed E-state index contributed by atoms with van der Waals surface area (Å²) in [5.74, 6) is 0. The average molecular weight is 268 g/mol. The molecule has 2 aromatic carbocycles. The number of rotatable bonds is 3. The molecule has 0 saturated heterocycles. The molecule has 0 spiro atoms. The Morgan fingerprint density at radius 2 is 1.84 bits per heavy atom. The van der Waals surface area contributed by atoms with E-state index >= 15 is 0 Å². The minimum atomic E-state index is -0.0634. The summed E-state index contributed by atoms with van der Waals surface area (Å²) in [6.07, 6.45) is 3.93. The summed E-state index contributed by atoms with van der Waals surface area (Å²) in [7, 11) is 0. The molecule has 0 saturated carbocycles. The van der Waals surface area contributed by atoms with Gasteiger partial charge in [0.05, 0.1) is 0 Å². The van der Waals surface area contributed by atoms with Crippen molar-refractivity contribution >= 4 is 23.4 Å². The molecular weight excluding hydrogens is 248 g/mol. The summed E-state index contributed by atoms with van der Waals surface area (Å²) in [4.78, 5) is 1.04. The zero-order valence-corrected chi connectivity index (χ0v) is 12.7. The summed E-state index contributed by atoms with van der Waals surface area (Å²) in [5, 5.41) is 2.53. The zero-order valence-electron chi connectivity index (χ0n) is 11.8. The van der Waals surface area contributed by atoms with E-state index in [0.717, 1.165) is 4.90 Å². The van der Waals surface area contributed by atoms with E-state index < -0.39 is 0 Å². The van der Waals surface area contributed by atoms with E-state index in [2.05, 4.69) is 82.5 Å². The van der Waals surface area contributed by atoms with E-state index in [1.807, 2.05) is 6.08 Å². The fraction of sp³-hybridized carbons (Fsp3) is 0.222. The van der Waals surface area contributed by atoms with Crippen LogP contribution in [0.1, 0.15) is 26.3 Å². The van der Waals surface area contributed by atoms with Gasteiger partial charge in [-0.1, -0.05) is 68.5 Å². The van der Waals surface area contributed by atoms with Crippen molar-refractivity contribution in [3.63, 3.8) is 0 Å². The highest BCUT2D eigenvalue weighted by atomic mass is 32.1. The Labute approximate surface area is 121 Å². The normalized spacial score (nSPS) is 12.7. The first-order valence-electron chi connectivity index (χ1n) is 6.49. The van der Waals surface area contributed by atoms with Crippen LogP contribution in [0.4, 0.5) is 0 Å². The molecular formula is C18H20S. The second kappa shape index (κ2) is 5.26.